The van der Waals surface area contributed by atoms with Gasteiger partial charge < -0.3 is 10.2 Å². The molecule has 6 nitrogen and oxygen atoms in total. The average molecular weight is 474 g/mol. The lowest BCUT2D eigenvalue weighted by Gasteiger charge is -2.35. The van der Waals surface area contributed by atoms with E-state index in [2.05, 4.69) is 49.4 Å². The summed E-state index contributed by atoms with van der Waals surface area (Å²) in [5.41, 5.74) is 3.06. The van der Waals surface area contributed by atoms with Gasteiger partial charge in [-0.1, -0.05) is 42.5 Å². The van der Waals surface area contributed by atoms with Gasteiger partial charge in [0.15, 0.2) is 0 Å². The Morgan fingerprint density at radius 3 is 2.34 bits per heavy atom. The molecule has 1 atom stereocenters. The molecule has 2 aliphatic rings. The second kappa shape index (κ2) is 11.0. The van der Waals surface area contributed by atoms with Crippen molar-refractivity contribution in [2.45, 2.75) is 38.3 Å². The minimum Gasteiger partial charge on any atom is -0.353 e. The molecule has 2 fully saturated rings. The first-order valence-electron chi connectivity index (χ1n) is 12.5. The second-order valence-electron chi connectivity index (χ2n) is 9.61. The number of carbonyl (C=O) groups excluding carboxylic acids is 1. The zero-order chi connectivity index (χ0) is 24.0. The molecule has 1 aromatic heterocycles. The molecule has 3 aromatic rings. The number of nitrogens with zero attached hydrogens (tertiary/aromatic N) is 4. The number of aromatic nitrogens is 2. The quantitative estimate of drug-likeness (QED) is 0.579. The molecule has 2 aromatic carbocycles. The third-order valence-electron chi connectivity index (χ3n) is 7.07. The summed E-state index contributed by atoms with van der Waals surface area (Å²) in [6.07, 6.45) is 7.34. The topological polar surface area (TPSA) is 61.4 Å². The van der Waals surface area contributed by atoms with Crippen LogP contribution < -0.4 is 10.2 Å². The van der Waals surface area contributed by atoms with Crippen LogP contribution in [-0.2, 0) is 11.3 Å². The van der Waals surface area contributed by atoms with Gasteiger partial charge in [-0.3, -0.25) is 9.69 Å². The fourth-order valence-corrected chi connectivity index (χ4v) is 5.04. The molecule has 182 valence electrons. The van der Waals surface area contributed by atoms with Crippen molar-refractivity contribution in [1.82, 2.24) is 20.2 Å². The molecule has 7 heteroatoms. The average Bonchev–Trinajstić information content (AvgIpc) is 2.91. The summed E-state index contributed by atoms with van der Waals surface area (Å²) in [6, 6.07) is 17.1. The zero-order valence-corrected chi connectivity index (χ0v) is 19.9. The summed E-state index contributed by atoms with van der Waals surface area (Å²) in [7, 11) is 0. The SMILES string of the molecule is O=C(NC1CCN(Cc2ccccc2)CC1)[C@@H]1CCCN(c2ncc(-c3ccc(F)cc3)cn2)C1. The molecule has 2 saturated heterocycles. The van der Waals surface area contributed by atoms with Gasteiger partial charge in [0.2, 0.25) is 11.9 Å². The summed E-state index contributed by atoms with van der Waals surface area (Å²) >= 11 is 0. The summed E-state index contributed by atoms with van der Waals surface area (Å²) in [5.74, 6) is 0.481. The smallest absolute Gasteiger partial charge is 0.225 e. The molecule has 1 N–H and O–H groups in total. The fourth-order valence-electron chi connectivity index (χ4n) is 5.04. The Hall–Kier alpha value is -3.32. The summed E-state index contributed by atoms with van der Waals surface area (Å²) in [5, 5.41) is 3.32. The van der Waals surface area contributed by atoms with Gasteiger partial charge in [-0.05, 0) is 48.9 Å². The Balaban J connectivity index is 1.11. The second-order valence-corrected chi connectivity index (χ2v) is 9.61. The van der Waals surface area contributed by atoms with Crippen LogP contribution in [0, 0.1) is 11.7 Å². The van der Waals surface area contributed by atoms with Gasteiger partial charge in [-0.2, -0.15) is 0 Å². The molecule has 0 bridgehead atoms. The Kier molecular flexibility index (Phi) is 7.33. The van der Waals surface area contributed by atoms with Crippen LogP contribution in [0.15, 0.2) is 67.0 Å². The third-order valence-corrected chi connectivity index (χ3v) is 7.07. The highest BCUT2D eigenvalue weighted by Crippen LogP contribution is 2.24. The fraction of sp³-hybridized carbons (Fsp3) is 0.393. The number of carbonyl (C=O) groups is 1. The maximum Gasteiger partial charge on any atom is 0.225 e. The van der Waals surface area contributed by atoms with E-state index in [9.17, 15) is 9.18 Å². The van der Waals surface area contributed by atoms with E-state index < -0.39 is 0 Å². The number of hydrogen-bond acceptors (Lipinski definition) is 5. The van der Waals surface area contributed by atoms with Gasteiger partial charge in [0, 0.05) is 56.7 Å². The van der Waals surface area contributed by atoms with Crippen molar-refractivity contribution < 1.29 is 9.18 Å². The van der Waals surface area contributed by atoms with Gasteiger partial charge in [0.25, 0.3) is 0 Å². The molecule has 1 amide bonds. The van der Waals surface area contributed by atoms with Crippen molar-refractivity contribution in [1.29, 1.82) is 0 Å². The van der Waals surface area contributed by atoms with Crippen molar-refractivity contribution in [2.24, 2.45) is 5.92 Å². The van der Waals surface area contributed by atoms with Crippen molar-refractivity contribution in [2.75, 3.05) is 31.1 Å². The Morgan fingerprint density at radius 1 is 0.914 bits per heavy atom. The lowest BCUT2D eigenvalue weighted by Crippen LogP contribution is -2.49. The summed E-state index contributed by atoms with van der Waals surface area (Å²) < 4.78 is 13.2. The minimum absolute atomic E-state index is 0.0496. The van der Waals surface area contributed by atoms with E-state index >= 15 is 0 Å². The van der Waals surface area contributed by atoms with Crippen molar-refractivity contribution >= 4 is 11.9 Å². The molecule has 0 unspecified atom stereocenters. The van der Waals surface area contributed by atoms with E-state index in [1.807, 2.05) is 6.07 Å². The van der Waals surface area contributed by atoms with E-state index in [1.165, 1.54) is 17.7 Å². The number of piperidine rings is 2. The van der Waals surface area contributed by atoms with Crippen LogP contribution in [0.3, 0.4) is 0 Å². The van der Waals surface area contributed by atoms with Crippen LogP contribution in [0.2, 0.25) is 0 Å². The highest BCUT2D eigenvalue weighted by molar-refractivity contribution is 5.79. The van der Waals surface area contributed by atoms with Gasteiger partial charge >= 0.3 is 0 Å². The van der Waals surface area contributed by atoms with E-state index in [-0.39, 0.29) is 23.7 Å². The highest BCUT2D eigenvalue weighted by atomic mass is 19.1. The first-order valence-corrected chi connectivity index (χ1v) is 12.5. The van der Waals surface area contributed by atoms with Crippen molar-refractivity contribution in [3.05, 3.63) is 78.4 Å². The largest absolute Gasteiger partial charge is 0.353 e. The van der Waals surface area contributed by atoms with Crippen molar-refractivity contribution in [3.8, 4) is 11.1 Å². The number of benzene rings is 2. The number of anilines is 1. The molecule has 0 spiro atoms. The molecule has 35 heavy (non-hydrogen) atoms. The standard InChI is InChI=1S/C28H32FN5O/c29-25-10-8-22(9-11-25)24-17-30-28(31-18-24)34-14-4-7-23(20-34)27(35)32-26-12-15-33(16-13-26)19-21-5-2-1-3-6-21/h1-3,5-6,8-11,17-18,23,26H,4,7,12-16,19-20H2,(H,32,35)/t23-/m1/s1. The van der Waals surface area contributed by atoms with Crippen LogP contribution in [0.4, 0.5) is 10.3 Å². The maximum absolute atomic E-state index is 13.2. The number of halogens is 1. The van der Waals surface area contributed by atoms with E-state index in [0.29, 0.717) is 12.5 Å². The van der Waals surface area contributed by atoms with Crippen LogP contribution >= 0.6 is 0 Å². The normalized spacial score (nSPS) is 19.5. The molecule has 2 aliphatic heterocycles. The van der Waals surface area contributed by atoms with E-state index in [4.69, 9.17) is 0 Å². The van der Waals surface area contributed by atoms with E-state index in [1.54, 1.807) is 24.5 Å². The number of amides is 1. The Bertz CT molecular complexity index is 1100. The van der Waals surface area contributed by atoms with Gasteiger partial charge in [0.05, 0.1) is 5.92 Å². The first kappa shape index (κ1) is 23.4. The lowest BCUT2D eigenvalue weighted by molar-refractivity contribution is -0.126. The predicted molar refractivity (Wildman–Crippen MR) is 135 cm³/mol. The molecular formula is C28H32FN5O. The zero-order valence-electron chi connectivity index (χ0n) is 19.9. The van der Waals surface area contributed by atoms with Crippen LogP contribution in [0.1, 0.15) is 31.2 Å². The summed E-state index contributed by atoms with van der Waals surface area (Å²) in [4.78, 5) is 26.7. The molecule has 0 aliphatic carbocycles. The first-order chi connectivity index (χ1) is 17.1. The predicted octanol–water partition coefficient (Wildman–Crippen LogP) is 4.28. The van der Waals surface area contributed by atoms with Gasteiger partial charge in [-0.15, -0.1) is 0 Å². The minimum atomic E-state index is -0.262. The molecular weight excluding hydrogens is 441 g/mol. The van der Waals surface area contributed by atoms with Gasteiger partial charge in [-0.25, -0.2) is 14.4 Å². The Labute approximate surface area is 206 Å². The Morgan fingerprint density at radius 2 is 1.63 bits per heavy atom. The van der Waals surface area contributed by atoms with Crippen molar-refractivity contribution in [3.63, 3.8) is 0 Å². The molecule has 3 heterocycles. The van der Waals surface area contributed by atoms with Crippen LogP contribution in [-0.4, -0.2) is 53.0 Å². The van der Waals surface area contributed by atoms with E-state index in [0.717, 1.165) is 63.0 Å². The maximum atomic E-state index is 13.2. The molecule has 0 radical (unpaired) electrons. The summed E-state index contributed by atoms with van der Waals surface area (Å²) in [6.45, 7) is 4.46. The van der Waals surface area contributed by atoms with Gasteiger partial charge in [0.1, 0.15) is 5.82 Å². The number of rotatable bonds is 6. The monoisotopic (exact) mass is 473 g/mol. The molecule has 0 saturated carbocycles. The number of hydrogen-bond donors (Lipinski definition) is 1. The lowest BCUT2D eigenvalue weighted by atomic mass is 9.96. The highest BCUT2D eigenvalue weighted by Gasteiger charge is 2.29. The van der Waals surface area contributed by atoms with Crippen LogP contribution in [0.5, 0.6) is 0 Å². The molecule has 5 rings (SSSR count). The third kappa shape index (κ3) is 6.03. The number of nitrogens with one attached hydrogen (secondary N) is 1. The van der Waals surface area contributed by atoms with Crippen LogP contribution in [0.25, 0.3) is 11.1 Å². The number of likely N-dealkylation sites (tertiary alicyclic amines) is 1.